The molecular weight excluding hydrogens is 160 g/mol. The molecule has 0 saturated carbocycles. The topological polar surface area (TPSA) is 117 Å². The Morgan fingerprint density at radius 2 is 2.25 bits per heavy atom. The standard InChI is InChI=1S/C6H14N4O2/c7-5(12-4-11)2-1-3-10-6(8)9/h4-5H,1-3,7H2,(H4,8,9,10). The van der Waals surface area contributed by atoms with Crippen molar-refractivity contribution in [1.29, 1.82) is 0 Å². The number of hydrogen-bond donors (Lipinski definition) is 3. The number of hydrogen-bond acceptors (Lipinski definition) is 4. The third-order valence-electron chi connectivity index (χ3n) is 1.17. The van der Waals surface area contributed by atoms with Crippen LogP contribution in [-0.4, -0.2) is 25.2 Å². The van der Waals surface area contributed by atoms with E-state index in [4.69, 9.17) is 17.2 Å². The molecule has 12 heavy (non-hydrogen) atoms. The maximum Gasteiger partial charge on any atom is 0.294 e. The lowest BCUT2D eigenvalue weighted by Crippen LogP contribution is -2.25. The van der Waals surface area contributed by atoms with E-state index in [2.05, 4.69) is 9.73 Å². The molecule has 0 heterocycles. The van der Waals surface area contributed by atoms with Crippen molar-refractivity contribution in [2.75, 3.05) is 6.54 Å². The molecular formula is C6H14N4O2. The number of nitrogens with two attached hydrogens (primary N) is 3. The van der Waals surface area contributed by atoms with Crippen LogP contribution in [0.5, 0.6) is 0 Å². The third-order valence-corrected chi connectivity index (χ3v) is 1.17. The van der Waals surface area contributed by atoms with E-state index >= 15 is 0 Å². The summed E-state index contributed by atoms with van der Waals surface area (Å²) in [4.78, 5) is 13.5. The third kappa shape index (κ3) is 6.81. The predicted octanol–water partition coefficient (Wildman–Crippen LogP) is -1.50. The van der Waals surface area contributed by atoms with E-state index in [0.29, 0.717) is 25.9 Å². The first kappa shape index (κ1) is 10.7. The maximum atomic E-state index is 9.79. The van der Waals surface area contributed by atoms with Gasteiger partial charge in [-0.25, -0.2) is 0 Å². The molecule has 0 fully saturated rings. The minimum atomic E-state index is -0.559. The van der Waals surface area contributed by atoms with E-state index in [1.165, 1.54) is 0 Å². The molecule has 0 aromatic carbocycles. The van der Waals surface area contributed by atoms with E-state index in [1.807, 2.05) is 0 Å². The zero-order valence-electron chi connectivity index (χ0n) is 6.77. The van der Waals surface area contributed by atoms with Gasteiger partial charge in [0.2, 0.25) is 0 Å². The molecule has 0 aromatic rings. The summed E-state index contributed by atoms with van der Waals surface area (Å²) in [5.74, 6) is 0.0554. The number of guanidine groups is 1. The fraction of sp³-hybridized carbons (Fsp3) is 0.667. The highest BCUT2D eigenvalue weighted by Crippen LogP contribution is 1.94. The first-order chi connectivity index (χ1) is 5.66. The van der Waals surface area contributed by atoms with Gasteiger partial charge in [0.1, 0.15) is 0 Å². The zero-order chi connectivity index (χ0) is 9.40. The summed E-state index contributed by atoms with van der Waals surface area (Å²) in [6, 6.07) is 0. The Bertz CT molecular complexity index is 156. The normalized spacial score (nSPS) is 11.8. The Morgan fingerprint density at radius 3 is 2.75 bits per heavy atom. The van der Waals surface area contributed by atoms with Crippen LogP contribution in [0.3, 0.4) is 0 Å². The van der Waals surface area contributed by atoms with E-state index < -0.39 is 6.23 Å². The lowest BCUT2D eigenvalue weighted by molar-refractivity contribution is -0.133. The fourth-order valence-electron chi connectivity index (χ4n) is 0.640. The average Bonchev–Trinajstić information content (AvgIpc) is 1.98. The van der Waals surface area contributed by atoms with Crippen molar-refractivity contribution in [3.63, 3.8) is 0 Å². The molecule has 1 unspecified atom stereocenters. The Hall–Kier alpha value is -1.30. The molecule has 0 aliphatic heterocycles. The summed E-state index contributed by atoms with van der Waals surface area (Å²) >= 11 is 0. The second-order valence-corrected chi connectivity index (χ2v) is 2.22. The van der Waals surface area contributed by atoms with Gasteiger partial charge in [0.25, 0.3) is 6.47 Å². The monoisotopic (exact) mass is 174 g/mol. The van der Waals surface area contributed by atoms with Crippen LogP contribution in [0.15, 0.2) is 4.99 Å². The van der Waals surface area contributed by atoms with Gasteiger partial charge in [-0.05, 0) is 12.8 Å². The fourth-order valence-corrected chi connectivity index (χ4v) is 0.640. The summed E-state index contributed by atoms with van der Waals surface area (Å²) in [6.45, 7) is 0.823. The van der Waals surface area contributed by atoms with Crippen LogP contribution >= 0.6 is 0 Å². The minimum Gasteiger partial charge on any atom is -0.449 e. The molecule has 6 N–H and O–H groups in total. The van der Waals surface area contributed by atoms with Crippen LogP contribution in [0, 0.1) is 0 Å². The predicted molar refractivity (Wildman–Crippen MR) is 45.0 cm³/mol. The van der Waals surface area contributed by atoms with Gasteiger partial charge in [-0.1, -0.05) is 0 Å². The van der Waals surface area contributed by atoms with Gasteiger partial charge in [0.05, 0.1) is 0 Å². The number of nitrogens with zero attached hydrogens (tertiary/aromatic N) is 1. The molecule has 6 heteroatoms. The summed E-state index contributed by atoms with van der Waals surface area (Å²) in [5, 5.41) is 0. The molecule has 0 radical (unpaired) electrons. The molecule has 6 nitrogen and oxygen atoms in total. The van der Waals surface area contributed by atoms with Gasteiger partial charge >= 0.3 is 0 Å². The number of rotatable bonds is 6. The zero-order valence-corrected chi connectivity index (χ0v) is 6.77. The lowest BCUT2D eigenvalue weighted by atomic mass is 10.3. The van der Waals surface area contributed by atoms with Gasteiger partial charge in [-0.2, -0.15) is 0 Å². The van der Waals surface area contributed by atoms with Crippen molar-refractivity contribution in [2.45, 2.75) is 19.1 Å². The molecule has 1 atom stereocenters. The lowest BCUT2D eigenvalue weighted by Gasteiger charge is -2.06. The first-order valence-corrected chi connectivity index (χ1v) is 3.57. The van der Waals surface area contributed by atoms with Crippen LogP contribution in [-0.2, 0) is 9.53 Å². The Kier molecular flexibility index (Phi) is 5.72. The number of aliphatic imine (C=N–C) groups is 1. The molecule has 0 amide bonds. The minimum absolute atomic E-state index is 0.0554. The van der Waals surface area contributed by atoms with Crippen LogP contribution in [0.2, 0.25) is 0 Å². The smallest absolute Gasteiger partial charge is 0.294 e. The highest BCUT2D eigenvalue weighted by Gasteiger charge is 1.99. The quantitative estimate of drug-likeness (QED) is 0.149. The Labute approximate surface area is 70.8 Å². The van der Waals surface area contributed by atoms with Crippen molar-refractivity contribution in [3.05, 3.63) is 0 Å². The van der Waals surface area contributed by atoms with Gasteiger partial charge in [0, 0.05) is 6.54 Å². The highest BCUT2D eigenvalue weighted by atomic mass is 16.5. The van der Waals surface area contributed by atoms with E-state index in [1.54, 1.807) is 0 Å². The summed E-state index contributed by atoms with van der Waals surface area (Å²) in [7, 11) is 0. The molecule has 0 saturated heterocycles. The van der Waals surface area contributed by atoms with Crippen LogP contribution in [0.25, 0.3) is 0 Å². The van der Waals surface area contributed by atoms with Crippen molar-refractivity contribution in [3.8, 4) is 0 Å². The van der Waals surface area contributed by atoms with E-state index in [9.17, 15) is 4.79 Å². The van der Waals surface area contributed by atoms with Gasteiger partial charge in [-0.3, -0.25) is 15.5 Å². The van der Waals surface area contributed by atoms with Crippen LogP contribution in [0.4, 0.5) is 0 Å². The molecule has 0 bridgehead atoms. The van der Waals surface area contributed by atoms with Gasteiger partial charge in [-0.15, -0.1) is 0 Å². The molecule has 70 valence electrons. The molecule has 0 spiro atoms. The molecule has 0 aliphatic rings. The molecule has 0 aliphatic carbocycles. The van der Waals surface area contributed by atoms with Crippen LogP contribution in [0.1, 0.15) is 12.8 Å². The number of ether oxygens (including phenoxy) is 1. The Morgan fingerprint density at radius 1 is 1.58 bits per heavy atom. The van der Waals surface area contributed by atoms with E-state index in [-0.39, 0.29) is 5.96 Å². The number of carbonyl (C=O) groups excluding carboxylic acids is 1. The van der Waals surface area contributed by atoms with Gasteiger partial charge < -0.3 is 16.2 Å². The highest BCUT2D eigenvalue weighted by molar-refractivity contribution is 5.75. The summed E-state index contributed by atoms with van der Waals surface area (Å²) < 4.78 is 4.44. The number of carbonyl (C=O) groups is 1. The average molecular weight is 174 g/mol. The molecule has 0 rings (SSSR count). The van der Waals surface area contributed by atoms with Crippen molar-refractivity contribution in [2.24, 2.45) is 22.2 Å². The van der Waals surface area contributed by atoms with Crippen molar-refractivity contribution >= 4 is 12.4 Å². The summed E-state index contributed by atoms with van der Waals surface area (Å²) in [6.07, 6.45) is 0.680. The second-order valence-electron chi connectivity index (χ2n) is 2.22. The van der Waals surface area contributed by atoms with Crippen LogP contribution < -0.4 is 17.2 Å². The SMILES string of the molecule is NC(N)=NCCCC(N)OC=O. The molecule has 0 aromatic heterocycles. The summed E-state index contributed by atoms with van der Waals surface area (Å²) in [5.41, 5.74) is 15.5. The second kappa shape index (κ2) is 6.41. The van der Waals surface area contributed by atoms with Crippen molar-refractivity contribution < 1.29 is 9.53 Å². The van der Waals surface area contributed by atoms with E-state index in [0.717, 1.165) is 0 Å². The van der Waals surface area contributed by atoms with Gasteiger partial charge in [0.15, 0.2) is 12.2 Å². The first-order valence-electron chi connectivity index (χ1n) is 3.57. The maximum absolute atomic E-state index is 9.79. The van der Waals surface area contributed by atoms with Crippen molar-refractivity contribution in [1.82, 2.24) is 0 Å². The largest absolute Gasteiger partial charge is 0.449 e. The Balaban J connectivity index is 3.30.